The zero-order valence-electron chi connectivity index (χ0n) is 11.1. The Morgan fingerprint density at radius 1 is 1.11 bits per heavy atom. The fourth-order valence-electron chi connectivity index (χ4n) is 3.29. The van der Waals surface area contributed by atoms with E-state index in [2.05, 4.69) is 6.58 Å². The van der Waals surface area contributed by atoms with Gasteiger partial charge in [0.1, 0.15) is 0 Å². The third kappa shape index (κ3) is 1.98. The van der Waals surface area contributed by atoms with Crippen LogP contribution in [0.25, 0.3) is 5.70 Å². The molecule has 1 aromatic carbocycles. The van der Waals surface area contributed by atoms with E-state index in [9.17, 15) is 4.79 Å². The summed E-state index contributed by atoms with van der Waals surface area (Å²) in [7, 11) is 0. The highest BCUT2D eigenvalue weighted by Gasteiger charge is 2.38. The smallest absolute Gasteiger partial charge is 0.259 e. The normalized spacial score (nSPS) is 27.3. The van der Waals surface area contributed by atoms with Gasteiger partial charge in [0.05, 0.1) is 6.04 Å². The molecule has 3 heteroatoms. The summed E-state index contributed by atoms with van der Waals surface area (Å²) < 4.78 is 0. The third-order valence-electron chi connectivity index (χ3n) is 4.34. The van der Waals surface area contributed by atoms with E-state index in [0.717, 1.165) is 36.1 Å². The highest BCUT2D eigenvalue weighted by atomic mass is 16.2. The highest BCUT2D eigenvalue weighted by molar-refractivity contribution is 6.09. The van der Waals surface area contributed by atoms with Crippen molar-refractivity contribution in [2.45, 2.75) is 44.2 Å². The summed E-state index contributed by atoms with van der Waals surface area (Å²) in [5.74, 6) is 0.0722. The molecule has 1 aliphatic heterocycles. The quantitative estimate of drug-likeness (QED) is 0.785. The number of nitrogens with zero attached hydrogens (tertiary/aromatic N) is 1. The largest absolute Gasteiger partial charge is 0.326 e. The molecule has 1 aliphatic carbocycles. The van der Waals surface area contributed by atoms with E-state index in [-0.39, 0.29) is 18.0 Å². The Morgan fingerprint density at radius 3 is 2.53 bits per heavy atom. The summed E-state index contributed by atoms with van der Waals surface area (Å²) >= 11 is 0. The first-order valence-corrected chi connectivity index (χ1v) is 7.07. The molecule has 100 valence electrons. The van der Waals surface area contributed by atoms with E-state index in [1.165, 1.54) is 12.8 Å². The van der Waals surface area contributed by atoms with Crippen LogP contribution in [0, 0.1) is 0 Å². The van der Waals surface area contributed by atoms with Crippen molar-refractivity contribution in [2.75, 3.05) is 0 Å². The van der Waals surface area contributed by atoms with E-state index in [1.54, 1.807) is 0 Å². The molecule has 0 spiro atoms. The Bertz CT molecular complexity index is 488. The van der Waals surface area contributed by atoms with Crippen LogP contribution in [0.2, 0.25) is 0 Å². The van der Waals surface area contributed by atoms with Crippen molar-refractivity contribution in [2.24, 2.45) is 5.73 Å². The Kier molecular flexibility index (Phi) is 3.15. The zero-order valence-corrected chi connectivity index (χ0v) is 11.1. The molecule has 0 aromatic heterocycles. The van der Waals surface area contributed by atoms with Gasteiger partial charge in [-0.2, -0.15) is 0 Å². The van der Waals surface area contributed by atoms with Crippen LogP contribution in [0.1, 0.15) is 48.0 Å². The Hall–Kier alpha value is -1.61. The first-order chi connectivity index (χ1) is 9.20. The maximum Gasteiger partial charge on any atom is 0.259 e. The molecular weight excluding hydrogens is 236 g/mol. The van der Waals surface area contributed by atoms with Crippen LogP contribution in [0.4, 0.5) is 0 Å². The van der Waals surface area contributed by atoms with Gasteiger partial charge in [-0.1, -0.05) is 44.0 Å². The zero-order chi connectivity index (χ0) is 13.4. The van der Waals surface area contributed by atoms with Crippen molar-refractivity contribution in [1.29, 1.82) is 0 Å². The van der Waals surface area contributed by atoms with Gasteiger partial charge in [-0.15, -0.1) is 0 Å². The predicted octanol–water partition coefficient (Wildman–Crippen LogP) is 2.77. The van der Waals surface area contributed by atoms with Crippen LogP contribution in [0.15, 0.2) is 30.8 Å². The number of hydrogen-bond acceptors (Lipinski definition) is 2. The molecule has 0 bridgehead atoms. The second-order valence-electron chi connectivity index (χ2n) is 5.54. The maximum absolute atomic E-state index is 12.6. The SMILES string of the molecule is C=C1c2ccccc2C(=O)N1C1CCCCCC1N. The van der Waals surface area contributed by atoms with Crippen LogP contribution in [0.5, 0.6) is 0 Å². The fraction of sp³-hybridized carbons (Fsp3) is 0.438. The van der Waals surface area contributed by atoms with Gasteiger partial charge in [-0.05, 0) is 18.9 Å². The van der Waals surface area contributed by atoms with Gasteiger partial charge in [0.25, 0.3) is 5.91 Å². The molecule has 3 rings (SSSR count). The van der Waals surface area contributed by atoms with Gasteiger partial charge in [0, 0.05) is 22.9 Å². The van der Waals surface area contributed by atoms with Crippen LogP contribution in [-0.2, 0) is 0 Å². The first-order valence-electron chi connectivity index (χ1n) is 7.07. The second-order valence-corrected chi connectivity index (χ2v) is 5.54. The highest BCUT2D eigenvalue weighted by Crippen LogP contribution is 2.36. The van der Waals surface area contributed by atoms with Crippen LogP contribution in [0.3, 0.4) is 0 Å². The summed E-state index contributed by atoms with van der Waals surface area (Å²) in [6.45, 7) is 4.12. The molecule has 0 saturated heterocycles. The van der Waals surface area contributed by atoms with E-state index >= 15 is 0 Å². The number of fused-ring (bicyclic) bond motifs is 1. The minimum atomic E-state index is 0.0671. The van der Waals surface area contributed by atoms with Gasteiger partial charge >= 0.3 is 0 Å². The average Bonchev–Trinajstić information content (AvgIpc) is 2.57. The third-order valence-corrected chi connectivity index (χ3v) is 4.34. The van der Waals surface area contributed by atoms with E-state index in [1.807, 2.05) is 29.2 Å². The van der Waals surface area contributed by atoms with Crippen molar-refractivity contribution in [3.63, 3.8) is 0 Å². The summed E-state index contributed by atoms with van der Waals surface area (Å²) in [6, 6.07) is 7.88. The summed E-state index contributed by atoms with van der Waals surface area (Å²) in [5.41, 5.74) is 8.83. The molecular formula is C16H20N2O. The lowest BCUT2D eigenvalue weighted by atomic mass is 10.0. The van der Waals surface area contributed by atoms with Gasteiger partial charge in [0.2, 0.25) is 0 Å². The van der Waals surface area contributed by atoms with Crippen molar-refractivity contribution in [3.05, 3.63) is 42.0 Å². The topological polar surface area (TPSA) is 46.3 Å². The monoisotopic (exact) mass is 256 g/mol. The standard InChI is InChI=1S/C16H20N2O/c1-11-12-7-5-6-8-13(12)16(19)18(11)15-10-4-2-3-9-14(15)17/h5-8,14-15H,1-4,9-10,17H2. The number of amides is 1. The van der Waals surface area contributed by atoms with Gasteiger partial charge in [-0.25, -0.2) is 0 Å². The van der Waals surface area contributed by atoms with Crippen molar-refractivity contribution in [3.8, 4) is 0 Å². The molecule has 1 aromatic rings. The molecule has 1 fully saturated rings. The molecule has 2 unspecified atom stereocenters. The Morgan fingerprint density at radius 2 is 1.79 bits per heavy atom. The maximum atomic E-state index is 12.6. The molecule has 19 heavy (non-hydrogen) atoms. The van der Waals surface area contributed by atoms with Gasteiger partial charge < -0.3 is 10.6 Å². The number of benzene rings is 1. The number of hydrogen-bond donors (Lipinski definition) is 1. The Balaban J connectivity index is 1.94. The lowest BCUT2D eigenvalue weighted by Gasteiger charge is -2.32. The number of nitrogens with two attached hydrogens (primary N) is 1. The summed E-state index contributed by atoms with van der Waals surface area (Å²) in [5, 5.41) is 0. The molecule has 0 radical (unpaired) electrons. The predicted molar refractivity (Wildman–Crippen MR) is 76.5 cm³/mol. The van der Waals surface area contributed by atoms with Crippen LogP contribution < -0.4 is 5.73 Å². The van der Waals surface area contributed by atoms with E-state index in [4.69, 9.17) is 5.73 Å². The minimum Gasteiger partial charge on any atom is -0.326 e. The van der Waals surface area contributed by atoms with Crippen molar-refractivity contribution >= 4 is 11.6 Å². The molecule has 2 N–H and O–H groups in total. The molecule has 1 heterocycles. The number of rotatable bonds is 1. The van der Waals surface area contributed by atoms with Crippen LogP contribution >= 0.6 is 0 Å². The minimum absolute atomic E-state index is 0.0671. The molecule has 3 nitrogen and oxygen atoms in total. The van der Waals surface area contributed by atoms with Crippen molar-refractivity contribution in [1.82, 2.24) is 4.90 Å². The van der Waals surface area contributed by atoms with E-state index < -0.39 is 0 Å². The number of carbonyl (C=O) groups is 1. The summed E-state index contributed by atoms with van der Waals surface area (Å²) in [4.78, 5) is 14.4. The van der Waals surface area contributed by atoms with Gasteiger partial charge in [0.15, 0.2) is 0 Å². The Labute approximate surface area is 114 Å². The van der Waals surface area contributed by atoms with Crippen LogP contribution in [-0.4, -0.2) is 22.9 Å². The lowest BCUT2D eigenvalue weighted by Crippen LogP contribution is -2.46. The first kappa shape index (κ1) is 12.4. The van der Waals surface area contributed by atoms with E-state index in [0.29, 0.717) is 0 Å². The second kappa shape index (κ2) is 4.82. The molecule has 2 aliphatic rings. The molecule has 1 amide bonds. The lowest BCUT2D eigenvalue weighted by molar-refractivity contribution is 0.0781. The molecule has 2 atom stereocenters. The summed E-state index contributed by atoms with van der Waals surface area (Å²) in [6.07, 6.45) is 5.51. The average molecular weight is 256 g/mol. The molecule has 1 saturated carbocycles. The van der Waals surface area contributed by atoms with Crippen molar-refractivity contribution < 1.29 is 4.79 Å². The fourth-order valence-corrected chi connectivity index (χ4v) is 3.29. The van der Waals surface area contributed by atoms with Gasteiger partial charge in [-0.3, -0.25) is 4.79 Å². The number of carbonyl (C=O) groups excluding carboxylic acids is 1.